The number of nitrogens with one attached hydrogen (secondary N) is 1. The van der Waals surface area contributed by atoms with E-state index in [0.717, 1.165) is 0 Å². The lowest BCUT2D eigenvalue weighted by Crippen LogP contribution is -2.34. The zero-order valence-corrected chi connectivity index (χ0v) is 13.5. The number of aliphatic carboxylic acids is 1. The molecule has 1 unspecified atom stereocenters. The topological polar surface area (TPSA) is 84.9 Å². The molecule has 0 aliphatic heterocycles. The summed E-state index contributed by atoms with van der Waals surface area (Å²) in [5, 5.41) is 11.7. The van der Waals surface area contributed by atoms with E-state index in [1.165, 1.54) is 7.11 Å². The summed E-state index contributed by atoms with van der Waals surface area (Å²) in [6.45, 7) is 2.61. The molecular formula is C14H18BrNO5. The van der Waals surface area contributed by atoms with Crippen molar-refractivity contribution < 1.29 is 24.2 Å². The van der Waals surface area contributed by atoms with E-state index in [9.17, 15) is 14.7 Å². The second-order valence-electron chi connectivity index (χ2n) is 4.18. The number of halogens is 1. The average molecular weight is 360 g/mol. The molecule has 7 heteroatoms. The Morgan fingerprint density at radius 1 is 1.43 bits per heavy atom. The van der Waals surface area contributed by atoms with Gasteiger partial charge in [0.25, 0.3) is 0 Å². The number of benzene rings is 1. The van der Waals surface area contributed by atoms with Crippen LogP contribution in [-0.2, 0) is 14.3 Å². The highest BCUT2D eigenvalue weighted by Gasteiger charge is 2.22. The number of hydrogen-bond donors (Lipinski definition) is 2. The predicted molar refractivity (Wildman–Crippen MR) is 80.3 cm³/mol. The van der Waals surface area contributed by atoms with E-state index in [-0.39, 0.29) is 18.9 Å². The first-order valence-electron chi connectivity index (χ1n) is 6.43. The van der Waals surface area contributed by atoms with E-state index in [1.807, 2.05) is 6.92 Å². The summed E-state index contributed by atoms with van der Waals surface area (Å²) in [5.41, 5.74) is 0.458. The van der Waals surface area contributed by atoms with Gasteiger partial charge in [-0.15, -0.1) is 0 Å². The summed E-state index contributed by atoms with van der Waals surface area (Å²) in [5.74, 6) is -0.912. The molecule has 0 aliphatic carbocycles. The average Bonchev–Trinajstić information content (AvgIpc) is 2.44. The number of amides is 1. The Morgan fingerprint density at radius 3 is 2.67 bits per heavy atom. The number of rotatable bonds is 8. The van der Waals surface area contributed by atoms with Crippen molar-refractivity contribution in [2.75, 3.05) is 20.3 Å². The molecule has 116 valence electrons. The van der Waals surface area contributed by atoms with Crippen LogP contribution in [0.15, 0.2) is 22.7 Å². The van der Waals surface area contributed by atoms with Crippen molar-refractivity contribution in [2.45, 2.75) is 19.4 Å². The van der Waals surface area contributed by atoms with Gasteiger partial charge in [-0.3, -0.25) is 4.79 Å². The third-order valence-corrected chi connectivity index (χ3v) is 3.36. The Bertz CT molecular complexity index is 506. The molecule has 0 saturated heterocycles. The number of carbonyl (C=O) groups excluding carboxylic acids is 1. The van der Waals surface area contributed by atoms with Gasteiger partial charge in [-0.2, -0.15) is 0 Å². The fourth-order valence-electron chi connectivity index (χ4n) is 1.69. The van der Waals surface area contributed by atoms with Crippen molar-refractivity contribution >= 4 is 27.8 Å². The number of carboxylic acids is 1. The molecule has 21 heavy (non-hydrogen) atoms. The van der Waals surface area contributed by atoms with Crippen LogP contribution in [0.5, 0.6) is 5.75 Å². The second-order valence-corrected chi connectivity index (χ2v) is 5.03. The molecule has 2 N–H and O–H groups in total. The van der Waals surface area contributed by atoms with Crippen molar-refractivity contribution in [1.82, 2.24) is 5.32 Å². The second kappa shape index (κ2) is 8.63. The number of carbonyl (C=O) groups is 2. The fraction of sp³-hybridized carbons (Fsp3) is 0.429. The van der Waals surface area contributed by atoms with Gasteiger partial charge in [-0.25, -0.2) is 4.79 Å². The van der Waals surface area contributed by atoms with Gasteiger partial charge in [0, 0.05) is 13.0 Å². The molecule has 0 aromatic heterocycles. The third kappa shape index (κ3) is 5.35. The van der Waals surface area contributed by atoms with E-state index < -0.39 is 12.0 Å². The van der Waals surface area contributed by atoms with Crippen LogP contribution in [0.25, 0.3) is 0 Å². The van der Waals surface area contributed by atoms with E-state index in [2.05, 4.69) is 21.2 Å². The SMILES string of the molecule is CCOCCC(=O)NC(C(=O)O)c1ccc(OC)c(Br)c1. The highest BCUT2D eigenvalue weighted by Crippen LogP contribution is 2.28. The van der Waals surface area contributed by atoms with E-state index >= 15 is 0 Å². The molecule has 1 aromatic carbocycles. The lowest BCUT2D eigenvalue weighted by Gasteiger charge is -2.16. The number of hydrogen-bond acceptors (Lipinski definition) is 4. The first-order chi connectivity index (χ1) is 9.99. The normalized spacial score (nSPS) is 11.8. The number of ether oxygens (including phenoxy) is 2. The van der Waals surface area contributed by atoms with Crippen LogP contribution in [0.3, 0.4) is 0 Å². The first-order valence-corrected chi connectivity index (χ1v) is 7.22. The van der Waals surface area contributed by atoms with Gasteiger partial charge in [0.05, 0.1) is 18.2 Å². The molecule has 0 radical (unpaired) electrons. The monoisotopic (exact) mass is 359 g/mol. The minimum atomic E-state index is -1.13. The minimum Gasteiger partial charge on any atom is -0.496 e. The lowest BCUT2D eigenvalue weighted by molar-refractivity contribution is -0.142. The minimum absolute atomic E-state index is 0.120. The Balaban J connectivity index is 2.80. The Kier molecular flexibility index (Phi) is 7.18. The number of methoxy groups -OCH3 is 1. The lowest BCUT2D eigenvalue weighted by atomic mass is 10.1. The summed E-state index contributed by atoms with van der Waals surface area (Å²) in [6.07, 6.45) is 0.120. The van der Waals surface area contributed by atoms with Gasteiger partial charge in [0.1, 0.15) is 5.75 Å². The molecule has 1 atom stereocenters. The van der Waals surface area contributed by atoms with Crippen molar-refractivity contribution in [3.05, 3.63) is 28.2 Å². The van der Waals surface area contributed by atoms with E-state index in [1.54, 1.807) is 18.2 Å². The van der Waals surface area contributed by atoms with Gasteiger partial charge in [-0.05, 0) is 40.5 Å². The predicted octanol–water partition coefficient (Wildman–Crippen LogP) is 2.13. The van der Waals surface area contributed by atoms with Crippen LogP contribution in [0.2, 0.25) is 0 Å². The highest BCUT2D eigenvalue weighted by molar-refractivity contribution is 9.10. The van der Waals surface area contributed by atoms with Crippen LogP contribution in [0.4, 0.5) is 0 Å². The number of carboxylic acid groups (broad SMARTS) is 1. The summed E-state index contributed by atoms with van der Waals surface area (Å²) in [7, 11) is 1.52. The summed E-state index contributed by atoms with van der Waals surface area (Å²) >= 11 is 3.29. The molecule has 1 aromatic rings. The smallest absolute Gasteiger partial charge is 0.330 e. The van der Waals surface area contributed by atoms with Gasteiger partial charge in [-0.1, -0.05) is 6.07 Å². The zero-order chi connectivity index (χ0) is 15.8. The molecule has 0 heterocycles. The molecular weight excluding hydrogens is 342 g/mol. The quantitative estimate of drug-likeness (QED) is 0.694. The Morgan fingerprint density at radius 2 is 2.14 bits per heavy atom. The molecule has 0 bridgehead atoms. The Hall–Kier alpha value is -1.60. The van der Waals surface area contributed by atoms with Crippen LogP contribution in [0.1, 0.15) is 24.9 Å². The van der Waals surface area contributed by atoms with Crippen LogP contribution in [0, 0.1) is 0 Å². The first kappa shape index (κ1) is 17.5. The van der Waals surface area contributed by atoms with Crippen LogP contribution >= 0.6 is 15.9 Å². The highest BCUT2D eigenvalue weighted by atomic mass is 79.9. The largest absolute Gasteiger partial charge is 0.496 e. The van der Waals surface area contributed by atoms with Crippen molar-refractivity contribution in [3.8, 4) is 5.75 Å². The maximum absolute atomic E-state index is 11.7. The van der Waals surface area contributed by atoms with Gasteiger partial charge in [0.2, 0.25) is 5.91 Å². The van der Waals surface area contributed by atoms with E-state index in [0.29, 0.717) is 22.4 Å². The fourth-order valence-corrected chi connectivity index (χ4v) is 2.25. The molecule has 0 spiro atoms. The standard InChI is InChI=1S/C14H18BrNO5/c1-3-21-7-6-12(17)16-13(14(18)19)9-4-5-11(20-2)10(15)8-9/h4-5,8,13H,3,6-7H2,1-2H3,(H,16,17)(H,18,19). The van der Waals surface area contributed by atoms with Crippen molar-refractivity contribution in [2.24, 2.45) is 0 Å². The molecule has 1 amide bonds. The molecule has 1 rings (SSSR count). The Labute approximate surface area is 131 Å². The molecule has 0 fully saturated rings. The van der Waals surface area contributed by atoms with Crippen molar-refractivity contribution in [3.63, 3.8) is 0 Å². The summed E-state index contributed by atoms with van der Waals surface area (Å²) < 4.78 is 10.8. The van der Waals surface area contributed by atoms with Crippen LogP contribution < -0.4 is 10.1 Å². The van der Waals surface area contributed by atoms with Gasteiger partial charge < -0.3 is 19.9 Å². The maximum Gasteiger partial charge on any atom is 0.330 e. The molecule has 0 aliphatic rings. The summed E-state index contributed by atoms with van der Waals surface area (Å²) in [4.78, 5) is 23.1. The third-order valence-electron chi connectivity index (χ3n) is 2.74. The van der Waals surface area contributed by atoms with Crippen LogP contribution in [-0.4, -0.2) is 37.3 Å². The summed E-state index contributed by atoms with van der Waals surface area (Å²) in [6, 6.07) is 3.74. The van der Waals surface area contributed by atoms with Crippen molar-refractivity contribution in [1.29, 1.82) is 0 Å². The van der Waals surface area contributed by atoms with Gasteiger partial charge in [0.15, 0.2) is 6.04 Å². The molecule has 0 saturated carbocycles. The maximum atomic E-state index is 11.7. The van der Waals surface area contributed by atoms with Gasteiger partial charge >= 0.3 is 5.97 Å². The molecule has 6 nitrogen and oxygen atoms in total. The van der Waals surface area contributed by atoms with E-state index in [4.69, 9.17) is 9.47 Å². The zero-order valence-electron chi connectivity index (χ0n) is 11.9.